The smallest absolute Gasteiger partial charge is 0.253 e. The van der Waals surface area contributed by atoms with Crippen molar-refractivity contribution in [1.29, 1.82) is 0 Å². The Morgan fingerprint density at radius 2 is 1.79 bits per heavy atom. The highest BCUT2D eigenvalue weighted by Gasteiger charge is 2.34. The number of halogens is 2. The monoisotopic (exact) mass is 434 g/mol. The van der Waals surface area contributed by atoms with Crippen LogP contribution in [-0.2, 0) is 4.79 Å². The SMILES string of the molecule is O=C(CNC(=O)c1ccc(Cl)cc1Cl)NC(c1ccc2c(c1)OCCO2)C1CC1. The van der Waals surface area contributed by atoms with Crippen LogP contribution in [-0.4, -0.2) is 31.6 Å². The minimum Gasteiger partial charge on any atom is -0.486 e. The van der Waals surface area contributed by atoms with E-state index in [9.17, 15) is 9.59 Å². The molecule has 2 aromatic carbocycles. The summed E-state index contributed by atoms with van der Waals surface area (Å²) < 4.78 is 11.2. The average Bonchev–Trinajstić information content (AvgIpc) is 3.55. The van der Waals surface area contributed by atoms with Gasteiger partial charge >= 0.3 is 0 Å². The Hall–Kier alpha value is -2.44. The highest BCUT2D eigenvalue weighted by molar-refractivity contribution is 6.36. The first kappa shape index (κ1) is 19.9. The highest BCUT2D eigenvalue weighted by atomic mass is 35.5. The molecule has 2 amide bonds. The fourth-order valence-electron chi connectivity index (χ4n) is 3.31. The van der Waals surface area contributed by atoms with Gasteiger partial charge in [-0.15, -0.1) is 0 Å². The van der Waals surface area contributed by atoms with E-state index in [1.54, 1.807) is 6.07 Å². The van der Waals surface area contributed by atoms with Crippen LogP contribution in [0.4, 0.5) is 0 Å². The van der Waals surface area contributed by atoms with Crippen molar-refractivity contribution in [2.75, 3.05) is 19.8 Å². The Kier molecular flexibility index (Phi) is 5.83. The number of hydrogen-bond acceptors (Lipinski definition) is 4. The molecule has 0 aromatic heterocycles. The van der Waals surface area contributed by atoms with Crippen molar-refractivity contribution in [3.63, 3.8) is 0 Å². The van der Waals surface area contributed by atoms with Crippen LogP contribution in [0.1, 0.15) is 34.8 Å². The molecule has 2 aliphatic rings. The summed E-state index contributed by atoms with van der Waals surface area (Å²) in [7, 11) is 0. The largest absolute Gasteiger partial charge is 0.486 e. The van der Waals surface area contributed by atoms with E-state index in [2.05, 4.69) is 10.6 Å². The molecule has 1 atom stereocenters. The van der Waals surface area contributed by atoms with E-state index in [1.807, 2.05) is 18.2 Å². The number of fused-ring (bicyclic) bond motifs is 1. The number of amides is 2. The molecule has 1 saturated carbocycles. The van der Waals surface area contributed by atoms with Crippen LogP contribution >= 0.6 is 23.2 Å². The Bertz CT molecular complexity index is 946. The molecule has 6 nitrogen and oxygen atoms in total. The predicted molar refractivity (Wildman–Crippen MR) is 110 cm³/mol. The fourth-order valence-corrected chi connectivity index (χ4v) is 3.80. The molecule has 4 rings (SSSR count). The summed E-state index contributed by atoms with van der Waals surface area (Å²) in [6.07, 6.45) is 2.10. The molecule has 0 spiro atoms. The molecule has 1 aliphatic carbocycles. The van der Waals surface area contributed by atoms with E-state index in [0.29, 0.717) is 35.7 Å². The molecule has 1 aliphatic heterocycles. The van der Waals surface area contributed by atoms with Crippen molar-refractivity contribution in [2.24, 2.45) is 5.92 Å². The number of rotatable bonds is 6. The Labute approximate surface area is 178 Å². The first-order valence-electron chi connectivity index (χ1n) is 9.43. The van der Waals surface area contributed by atoms with Gasteiger partial charge in [0, 0.05) is 5.02 Å². The molecule has 0 bridgehead atoms. The third-order valence-electron chi connectivity index (χ3n) is 4.92. The van der Waals surface area contributed by atoms with Crippen LogP contribution in [0.2, 0.25) is 10.0 Å². The quantitative estimate of drug-likeness (QED) is 0.725. The van der Waals surface area contributed by atoms with Gasteiger partial charge in [-0.25, -0.2) is 0 Å². The lowest BCUT2D eigenvalue weighted by Crippen LogP contribution is -2.39. The summed E-state index contributed by atoms with van der Waals surface area (Å²) in [4.78, 5) is 24.8. The van der Waals surface area contributed by atoms with Gasteiger partial charge in [0.25, 0.3) is 5.91 Å². The lowest BCUT2D eigenvalue weighted by molar-refractivity contribution is -0.121. The van der Waals surface area contributed by atoms with Gasteiger partial charge in [-0.1, -0.05) is 29.3 Å². The molecule has 29 heavy (non-hydrogen) atoms. The van der Waals surface area contributed by atoms with E-state index in [0.717, 1.165) is 18.4 Å². The minimum atomic E-state index is -0.427. The zero-order valence-corrected chi connectivity index (χ0v) is 17.1. The van der Waals surface area contributed by atoms with Gasteiger partial charge in [-0.05, 0) is 54.7 Å². The van der Waals surface area contributed by atoms with Gasteiger partial charge < -0.3 is 20.1 Å². The maximum Gasteiger partial charge on any atom is 0.253 e. The maximum atomic E-state index is 12.5. The van der Waals surface area contributed by atoms with Crippen LogP contribution in [0.3, 0.4) is 0 Å². The molecule has 0 radical (unpaired) electrons. The van der Waals surface area contributed by atoms with Crippen molar-refractivity contribution in [3.05, 3.63) is 57.6 Å². The van der Waals surface area contributed by atoms with Crippen molar-refractivity contribution >= 4 is 35.0 Å². The second-order valence-electron chi connectivity index (χ2n) is 7.09. The third kappa shape index (κ3) is 4.77. The number of carbonyl (C=O) groups excluding carboxylic acids is 2. The Morgan fingerprint density at radius 3 is 2.52 bits per heavy atom. The molecule has 0 saturated heterocycles. The molecule has 2 aromatic rings. The van der Waals surface area contributed by atoms with Crippen molar-refractivity contribution in [2.45, 2.75) is 18.9 Å². The molecule has 2 N–H and O–H groups in total. The van der Waals surface area contributed by atoms with Crippen LogP contribution in [0, 0.1) is 5.92 Å². The van der Waals surface area contributed by atoms with Gasteiger partial charge in [0.05, 0.1) is 23.2 Å². The molecular formula is C21H20Cl2N2O4. The molecule has 8 heteroatoms. The van der Waals surface area contributed by atoms with Gasteiger partial charge in [0.15, 0.2) is 11.5 Å². The standard InChI is InChI=1S/C21H20Cl2N2O4/c22-14-4-5-15(16(23)10-14)21(27)24-11-19(26)25-20(12-1-2-12)13-3-6-17-18(9-13)29-8-7-28-17/h3-6,9-10,12,20H,1-2,7-8,11H2,(H,24,27)(H,25,26). The molecule has 1 fully saturated rings. The first-order valence-corrected chi connectivity index (χ1v) is 10.2. The lowest BCUT2D eigenvalue weighted by atomic mass is 10.0. The highest BCUT2D eigenvalue weighted by Crippen LogP contribution is 2.43. The van der Waals surface area contributed by atoms with Crippen molar-refractivity contribution in [3.8, 4) is 11.5 Å². The van der Waals surface area contributed by atoms with E-state index < -0.39 is 5.91 Å². The maximum absolute atomic E-state index is 12.5. The van der Waals surface area contributed by atoms with E-state index in [1.165, 1.54) is 12.1 Å². The van der Waals surface area contributed by atoms with Gasteiger partial charge in [0.2, 0.25) is 5.91 Å². The van der Waals surface area contributed by atoms with Gasteiger partial charge in [0.1, 0.15) is 13.2 Å². The number of benzene rings is 2. The van der Waals surface area contributed by atoms with Gasteiger partial charge in [-0.2, -0.15) is 0 Å². The Balaban J connectivity index is 1.39. The molecular weight excluding hydrogens is 415 g/mol. The van der Waals surface area contributed by atoms with Crippen LogP contribution in [0.15, 0.2) is 36.4 Å². The lowest BCUT2D eigenvalue weighted by Gasteiger charge is -2.23. The average molecular weight is 435 g/mol. The van der Waals surface area contributed by atoms with E-state index in [4.69, 9.17) is 32.7 Å². The number of hydrogen-bond donors (Lipinski definition) is 2. The summed E-state index contributed by atoms with van der Waals surface area (Å²) in [6, 6.07) is 10.2. The van der Waals surface area contributed by atoms with Crippen molar-refractivity contribution < 1.29 is 19.1 Å². The van der Waals surface area contributed by atoms with Crippen LogP contribution < -0.4 is 20.1 Å². The number of nitrogens with one attached hydrogen (secondary N) is 2. The van der Waals surface area contributed by atoms with E-state index in [-0.39, 0.29) is 29.1 Å². The summed E-state index contributed by atoms with van der Waals surface area (Å²) in [5, 5.41) is 6.31. The zero-order chi connectivity index (χ0) is 20.4. The summed E-state index contributed by atoms with van der Waals surface area (Å²) >= 11 is 11.9. The third-order valence-corrected chi connectivity index (χ3v) is 5.47. The summed E-state index contributed by atoms with van der Waals surface area (Å²) in [5.41, 5.74) is 1.24. The molecule has 152 valence electrons. The topological polar surface area (TPSA) is 76.7 Å². The fraction of sp³-hybridized carbons (Fsp3) is 0.333. The zero-order valence-electron chi connectivity index (χ0n) is 15.5. The summed E-state index contributed by atoms with van der Waals surface area (Å²) in [5.74, 6) is 1.09. The normalized spacial score (nSPS) is 16.1. The first-order chi connectivity index (χ1) is 14.0. The van der Waals surface area contributed by atoms with Crippen LogP contribution in [0.5, 0.6) is 11.5 Å². The predicted octanol–water partition coefficient (Wildman–Crippen LogP) is 3.76. The molecule has 1 unspecified atom stereocenters. The number of carbonyl (C=O) groups is 2. The van der Waals surface area contributed by atoms with Gasteiger partial charge in [-0.3, -0.25) is 9.59 Å². The minimum absolute atomic E-state index is 0.130. The van der Waals surface area contributed by atoms with E-state index >= 15 is 0 Å². The second-order valence-corrected chi connectivity index (χ2v) is 7.94. The van der Waals surface area contributed by atoms with Crippen LogP contribution in [0.25, 0.3) is 0 Å². The number of ether oxygens (including phenoxy) is 2. The molecule has 1 heterocycles. The van der Waals surface area contributed by atoms with Crippen molar-refractivity contribution in [1.82, 2.24) is 10.6 Å². The summed E-state index contributed by atoms with van der Waals surface area (Å²) in [6.45, 7) is 0.897. The second kappa shape index (κ2) is 8.51. The Morgan fingerprint density at radius 1 is 1.03 bits per heavy atom.